The van der Waals surface area contributed by atoms with Crippen molar-refractivity contribution >= 4 is 10.8 Å². The molecule has 0 fully saturated rings. The molecule has 3 aromatic rings. The molecule has 0 amide bonds. The van der Waals surface area contributed by atoms with E-state index in [1.54, 1.807) is 6.20 Å². The van der Waals surface area contributed by atoms with Gasteiger partial charge in [0.2, 0.25) is 0 Å². The first-order valence-electron chi connectivity index (χ1n) is 7.22. The highest BCUT2D eigenvalue weighted by atomic mass is 16.3. The molecule has 2 nitrogen and oxygen atoms in total. The number of nitrogens with zero attached hydrogens (tertiary/aromatic N) is 1. The van der Waals surface area contributed by atoms with Crippen LogP contribution >= 0.6 is 0 Å². The van der Waals surface area contributed by atoms with Crippen molar-refractivity contribution in [1.82, 2.24) is 4.98 Å². The van der Waals surface area contributed by atoms with Gasteiger partial charge in [-0.15, -0.1) is 0 Å². The summed E-state index contributed by atoms with van der Waals surface area (Å²) in [5, 5.41) is 12.8. The molecule has 0 bridgehead atoms. The Balaban J connectivity index is 1.97. The first-order valence-corrected chi connectivity index (χ1v) is 7.22. The molecule has 2 heteroatoms. The number of pyridine rings is 1. The maximum absolute atomic E-state index is 10.6. The van der Waals surface area contributed by atoms with Crippen molar-refractivity contribution in [1.29, 1.82) is 0 Å². The fraction of sp³-hybridized carbons (Fsp3) is 0.211. The Bertz CT molecular complexity index is 774. The van der Waals surface area contributed by atoms with E-state index in [1.165, 1.54) is 16.7 Å². The average molecular weight is 277 g/mol. The van der Waals surface area contributed by atoms with Gasteiger partial charge < -0.3 is 5.11 Å². The summed E-state index contributed by atoms with van der Waals surface area (Å²) >= 11 is 0. The van der Waals surface area contributed by atoms with Crippen LogP contribution in [0.2, 0.25) is 0 Å². The highest BCUT2D eigenvalue weighted by Gasteiger charge is 2.13. The van der Waals surface area contributed by atoms with Gasteiger partial charge in [-0.05, 0) is 30.4 Å². The lowest BCUT2D eigenvalue weighted by Gasteiger charge is -2.15. The monoisotopic (exact) mass is 277 g/mol. The smallest absolute Gasteiger partial charge is 0.0851 e. The van der Waals surface area contributed by atoms with E-state index in [4.69, 9.17) is 0 Å². The predicted molar refractivity (Wildman–Crippen MR) is 86.3 cm³/mol. The van der Waals surface area contributed by atoms with Crippen LogP contribution in [0.1, 0.15) is 28.4 Å². The molecule has 1 N–H and O–H groups in total. The number of aryl methyl sites for hydroxylation is 2. The van der Waals surface area contributed by atoms with Crippen molar-refractivity contribution < 1.29 is 5.11 Å². The van der Waals surface area contributed by atoms with E-state index in [2.05, 4.69) is 37.0 Å². The second kappa shape index (κ2) is 5.66. The van der Waals surface area contributed by atoms with Gasteiger partial charge in [0.15, 0.2) is 0 Å². The molecule has 0 spiro atoms. The molecule has 1 heterocycles. The molecule has 0 radical (unpaired) electrons. The average Bonchev–Trinajstić information content (AvgIpc) is 2.50. The van der Waals surface area contributed by atoms with E-state index in [0.717, 1.165) is 16.3 Å². The van der Waals surface area contributed by atoms with Gasteiger partial charge in [-0.2, -0.15) is 0 Å². The summed E-state index contributed by atoms with van der Waals surface area (Å²) in [4.78, 5) is 4.26. The molecule has 0 saturated carbocycles. The summed E-state index contributed by atoms with van der Waals surface area (Å²) in [7, 11) is 0. The van der Waals surface area contributed by atoms with Crippen molar-refractivity contribution in [3.63, 3.8) is 0 Å². The molecule has 1 unspecified atom stereocenters. The first kappa shape index (κ1) is 13.8. The zero-order chi connectivity index (χ0) is 14.8. The Hall–Kier alpha value is -2.19. The molecule has 1 atom stereocenters. The van der Waals surface area contributed by atoms with Gasteiger partial charge in [0.05, 0.1) is 6.10 Å². The molecule has 2 aromatic carbocycles. The van der Waals surface area contributed by atoms with Crippen LogP contribution in [-0.2, 0) is 6.42 Å². The number of aliphatic hydroxyl groups is 1. The SMILES string of the molecule is Cc1ccc(C)c(CC(O)c2cncc3ccccc23)c1. The number of benzene rings is 2. The molecule has 0 aliphatic rings. The van der Waals surface area contributed by atoms with Gasteiger partial charge in [0, 0.05) is 29.8 Å². The van der Waals surface area contributed by atoms with E-state index in [9.17, 15) is 5.11 Å². The topological polar surface area (TPSA) is 33.1 Å². The maximum Gasteiger partial charge on any atom is 0.0851 e. The lowest BCUT2D eigenvalue weighted by atomic mass is 9.95. The van der Waals surface area contributed by atoms with Crippen LogP contribution in [0.4, 0.5) is 0 Å². The maximum atomic E-state index is 10.6. The van der Waals surface area contributed by atoms with Gasteiger partial charge in [-0.3, -0.25) is 4.98 Å². The van der Waals surface area contributed by atoms with Gasteiger partial charge in [0.1, 0.15) is 0 Å². The Morgan fingerprint density at radius 3 is 2.71 bits per heavy atom. The lowest BCUT2D eigenvalue weighted by Crippen LogP contribution is -2.05. The highest BCUT2D eigenvalue weighted by Crippen LogP contribution is 2.26. The zero-order valence-electron chi connectivity index (χ0n) is 12.4. The molecule has 1 aromatic heterocycles. The molecule has 0 aliphatic carbocycles. The van der Waals surface area contributed by atoms with Gasteiger partial charge in [-0.1, -0.05) is 48.0 Å². The largest absolute Gasteiger partial charge is 0.388 e. The molecular weight excluding hydrogens is 258 g/mol. The lowest BCUT2D eigenvalue weighted by molar-refractivity contribution is 0.179. The quantitative estimate of drug-likeness (QED) is 0.781. The predicted octanol–water partition coefficient (Wildman–Crippen LogP) is 4.13. The minimum Gasteiger partial charge on any atom is -0.388 e. The number of aromatic nitrogens is 1. The molecule has 21 heavy (non-hydrogen) atoms. The number of rotatable bonds is 3. The summed E-state index contributed by atoms with van der Waals surface area (Å²) in [6, 6.07) is 14.4. The minimum atomic E-state index is -0.538. The van der Waals surface area contributed by atoms with Crippen LogP contribution in [0.3, 0.4) is 0 Å². The number of hydrogen-bond acceptors (Lipinski definition) is 2. The molecular formula is C19H19NO. The van der Waals surface area contributed by atoms with Crippen molar-refractivity contribution in [3.8, 4) is 0 Å². The van der Waals surface area contributed by atoms with Crippen LogP contribution < -0.4 is 0 Å². The summed E-state index contributed by atoms with van der Waals surface area (Å²) in [5.74, 6) is 0. The van der Waals surface area contributed by atoms with E-state index >= 15 is 0 Å². The standard InChI is InChI=1S/C19H19NO/c1-13-7-8-14(2)16(9-13)10-19(21)18-12-20-11-15-5-3-4-6-17(15)18/h3-9,11-12,19,21H,10H2,1-2H3. The molecule has 3 rings (SSSR count). The second-order valence-electron chi connectivity index (χ2n) is 5.60. The Labute approximate surface area is 125 Å². The second-order valence-corrected chi connectivity index (χ2v) is 5.60. The Kier molecular flexibility index (Phi) is 3.72. The zero-order valence-corrected chi connectivity index (χ0v) is 12.4. The summed E-state index contributed by atoms with van der Waals surface area (Å²) in [5.41, 5.74) is 4.52. The van der Waals surface area contributed by atoms with Crippen molar-refractivity contribution in [2.24, 2.45) is 0 Å². The van der Waals surface area contributed by atoms with Crippen LogP contribution in [0.25, 0.3) is 10.8 Å². The van der Waals surface area contributed by atoms with E-state index in [0.29, 0.717) is 6.42 Å². The minimum absolute atomic E-state index is 0.538. The third-order valence-corrected chi connectivity index (χ3v) is 3.98. The summed E-state index contributed by atoms with van der Waals surface area (Å²) in [6.45, 7) is 4.16. The van der Waals surface area contributed by atoms with Gasteiger partial charge in [-0.25, -0.2) is 0 Å². The molecule has 0 aliphatic heterocycles. The van der Waals surface area contributed by atoms with Crippen LogP contribution in [0.15, 0.2) is 54.9 Å². The van der Waals surface area contributed by atoms with E-state index in [1.807, 2.05) is 30.5 Å². The first-order chi connectivity index (χ1) is 10.1. The Morgan fingerprint density at radius 2 is 1.86 bits per heavy atom. The number of aliphatic hydroxyl groups excluding tert-OH is 1. The van der Waals surface area contributed by atoms with Gasteiger partial charge >= 0.3 is 0 Å². The number of hydrogen-bond donors (Lipinski definition) is 1. The van der Waals surface area contributed by atoms with Crippen LogP contribution in [-0.4, -0.2) is 10.1 Å². The summed E-state index contributed by atoms with van der Waals surface area (Å²) < 4.78 is 0. The number of fused-ring (bicyclic) bond motifs is 1. The van der Waals surface area contributed by atoms with Crippen molar-refractivity contribution in [2.75, 3.05) is 0 Å². The fourth-order valence-electron chi connectivity index (χ4n) is 2.74. The van der Waals surface area contributed by atoms with E-state index < -0.39 is 6.10 Å². The third kappa shape index (κ3) is 2.81. The fourth-order valence-corrected chi connectivity index (χ4v) is 2.74. The third-order valence-electron chi connectivity index (χ3n) is 3.98. The highest BCUT2D eigenvalue weighted by molar-refractivity contribution is 5.84. The summed E-state index contributed by atoms with van der Waals surface area (Å²) in [6.07, 6.45) is 3.69. The van der Waals surface area contributed by atoms with Gasteiger partial charge in [0.25, 0.3) is 0 Å². The normalized spacial score (nSPS) is 12.5. The molecule has 0 saturated heterocycles. The van der Waals surface area contributed by atoms with Crippen molar-refractivity contribution in [3.05, 3.63) is 77.1 Å². The molecule has 106 valence electrons. The van der Waals surface area contributed by atoms with Crippen LogP contribution in [0.5, 0.6) is 0 Å². The van der Waals surface area contributed by atoms with Crippen molar-refractivity contribution in [2.45, 2.75) is 26.4 Å². The van der Waals surface area contributed by atoms with Crippen LogP contribution in [0, 0.1) is 13.8 Å². The van der Waals surface area contributed by atoms with E-state index in [-0.39, 0.29) is 0 Å². The Morgan fingerprint density at radius 1 is 1.05 bits per heavy atom.